The molecule has 1 aromatic rings. The number of hydrogen-bond donors (Lipinski definition) is 1. The van der Waals surface area contributed by atoms with E-state index >= 15 is 0 Å². The number of likely N-dealkylation sites (tertiary alicyclic amines) is 1. The van der Waals surface area contributed by atoms with Gasteiger partial charge in [0.2, 0.25) is 5.91 Å². The fourth-order valence-corrected chi connectivity index (χ4v) is 3.70. The molecule has 0 saturated carbocycles. The van der Waals surface area contributed by atoms with Gasteiger partial charge in [-0.1, -0.05) is 12.1 Å². The van der Waals surface area contributed by atoms with Crippen LogP contribution in [-0.4, -0.2) is 41.8 Å². The van der Waals surface area contributed by atoms with E-state index in [0.717, 1.165) is 30.6 Å². The summed E-state index contributed by atoms with van der Waals surface area (Å²) in [4.78, 5) is 14.4. The topological polar surface area (TPSA) is 74.5 Å². The Morgan fingerprint density at radius 2 is 2.15 bits per heavy atom. The number of hydrogen-bond acceptors (Lipinski definition) is 5. The van der Waals surface area contributed by atoms with Crippen LogP contribution in [-0.2, 0) is 4.79 Å². The first-order valence-corrected chi connectivity index (χ1v) is 9.54. The van der Waals surface area contributed by atoms with Crippen molar-refractivity contribution < 1.29 is 14.6 Å². The predicted octanol–water partition coefficient (Wildman–Crippen LogP) is 3.32. The standard InChI is InChI=1S/C21H27N3O3/c1-3-4-11-21(22-23-21)12-8-19(25)24-13-9-16(10-14-24)20(26)17-6-5-7-18(15-17)27-2/h1,5-7,15-16,20,26H,4,8-14H2,2H3. The van der Waals surface area contributed by atoms with E-state index in [4.69, 9.17) is 11.2 Å². The molecule has 0 spiro atoms. The number of rotatable bonds is 8. The summed E-state index contributed by atoms with van der Waals surface area (Å²) in [6, 6.07) is 7.55. The molecule has 6 heteroatoms. The van der Waals surface area contributed by atoms with Crippen LogP contribution in [0.15, 0.2) is 34.5 Å². The molecule has 0 radical (unpaired) electrons. The lowest BCUT2D eigenvalue weighted by Gasteiger charge is -2.34. The normalized spacial score (nSPS) is 19.4. The van der Waals surface area contributed by atoms with Crippen LogP contribution in [0.3, 0.4) is 0 Å². The van der Waals surface area contributed by atoms with Crippen LogP contribution < -0.4 is 4.74 Å². The monoisotopic (exact) mass is 369 g/mol. The third-order valence-electron chi connectivity index (χ3n) is 5.57. The van der Waals surface area contributed by atoms with Gasteiger partial charge in [-0.25, -0.2) is 0 Å². The molecule has 27 heavy (non-hydrogen) atoms. The third kappa shape index (κ3) is 4.86. The number of nitrogens with zero attached hydrogens (tertiary/aromatic N) is 3. The number of carbonyl (C=O) groups excluding carboxylic acids is 1. The minimum Gasteiger partial charge on any atom is -0.497 e. The Bertz CT molecular complexity index is 726. The summed E-state index contributed by atoms with van der Waals surface area (Å²) in [5, 5.41) is 18.9. The minimum atomic E-state index is -0.534. The Labute approximate surface area is 160 Å². The van der Waals surface area contributed by atoms with Crippen molar-refractivity contribution in [3.8, 4) is 18.1 Å². The number of carbonyl (C=O) groups is 1. The molecule has 1 aromatic carbocycles. The highest BCUT2D eigenvalue weighted by molar-refractivity contribution is 5.76. The number of aliphatic hydroxyl groups excluding tert-OH is 1. The summed E-state index contributed by atoms with van der Waals surface area (Å²) >= 11 is 0. The average molecular weight is 369 g/mol. The van der Waals surface area contributed by atoms with Crippen molar-refractivity contribution in [3.63, 3.8) is 0 Å². The maximum absolute atomic E-state index is 12.5. The lowest BCUT2D eigenvalue weighted by molar-refractivity contribution is -0.133. The van der Waals surface area contributed by atoms with E-state index in [0.29, 0.717) is 32.4 Å². The molecule has 0 aromatic heterocycles. The molecule has 3 rings (SSSR count). The van der Waals surface area contributed by atoms with Crippen LogP contribution >= 0.6 is 0 Å². The Hall–Kier alpha value is -2.39. The number of ether oxygens (including phenoxy) is 1. The largest absolute Gasteiger partial charge is 0.497 e. The van der Waals surface area contributed by atoms with Crippen molar-refractivity contribution in [2.24, 2.45) is 16.1 Å². The summed E-state index contributed by atoms with van der Waals surface area (Å²) < 4.78 is 5.23. The second kappa shape index (κ2) is 8.53. The molecule has 0 bridgehead atoms. The van der Waals surface area contributed by atoms with Crippen LogP contribution in [0, 0.1) is 18.3 Å². The summed E-state index contributed by atoms with van der Waals surface area (Å²) in [5.74, 6) is 3.64. The second-order valence-electron chi connectivity index (χ2n) is 7.33. The van der Waals surface area contributed by atoms with E-state index in [1.54, 1.807) is 7.11 Å². The van der Waals surface area contributed by atoms with Gasteiger partial charge in [0.05, 0.1) is 13.2 Å². The lowest BCUT2D eigenvalue weighted by Crippen LogP contribution is -2.40. The summed E-state index contributed by atoms with van der Waals surface area (Å²) in [6.45, 7) is 1.35. The number of aliphatic hydroxyl groups is 1. The Kier molecular flexibility index (Phi) is 6.12. The zero-order valence-corrected chi connectivity index (χ0v) is 15.8. The maximum atomic E-state index is 12.5. The first-order chi connectivity index (χ1) is 13.1. The smallest absolute Gasteiger partial charge is 0.222 e. The van der Waals surface area contributed by atoms with E-state index in [1.807, 2.05) is 29.2 Å². The van der Waals surface area contributed by atoms with Crippen molar-refractivity contribution in [2.45, 2.75) is 50.3 Å². The molecule has 1 N–H and O–H groups in total. The van der Waals surface area contributed by atoms with E-state index < -0.39 is 11.8 Å². The maximum Gasteiger partial charge on any atom is 0.222 e. The van der Waals surface area contributed by atoms with E-state index in [1.165, 1.54) is 0 Å². The molecular weight excluding hydrogens is 342 g/mol. The van der Waals surface area contributed by atoms with Crippen LogP contribution in [0.25, 0.3) is 0 Å². The van der Waals surface area contributed by atoms with Gasteiger partial charge < -0.3 is 14.7 Å². The summed E-state index contributed by atoms with van der Waals surface area (Å²) in [7, 11) is 1.62. The summed E-state index contributed by atoms with van der Waals surface area (Å²) in [5.41, 5.74) is 0.467. The van der Waals surface area contributed by atoms with Crippen LogP contribution in [0.4, 0.5) is 0 Å². The molecular formula is C21H27N3O3. The highest BCUT2D eigenvalue weighted by Gasteiger charge is 2.40. The molecule has 1 atom stereocenters. The Morgan fingerprint density at radius 1 is 1.41 bits per heavy atom. The zero-order valence-electron chi connectivity index (χ0n) is 15.8. The Balaban J connectivity index is 1.45. The van der Waals surface area contributed by atoms with Gasteiger partial charge in [-0.15, -0.1) is 12.3 Å². The van der Waals surface area contributed by atoms with Gasteiger partial charge in [-0.3, -0.25) is 4.79 Å². The molecule has 0 aliphatic carbocycles. The summed E-state index contributed by atoms with van der Waals surface area (Å²) in [6.07, 6.45) is 8.79. The van der Waals surface area contributed by atoms with Crippen molar-refractivity contribution >= 4 is 5.91 Å². The first kappa shape index (κ1) is 19.4. The van der Waals surface area contributed by atoms with Gasteiger partial charge in [0, 0.05) is 38.8 Å². The van der Waals surface area contributed by atoms with Crippen LogP contribution in [0.2, 0.25) is 0 Å². The molecule has 2 aliphatic heterocycles. The van der Waals surface area contributed by atoms with Gasteiger partial charge in [0.25, 0.3) is 0 Å². The number of benzene rings is 1. The number of terminal acetylenes is 1. The van der Waals surface area contributed by atoms with Crippen molar-refractivity contribution in [3.05, 3.63) is 29.8 Å². The average Bonchev–Trinajstić information content (AvgIpc) is 3.50. The van der Waals surface area contributed by atoms with E-state index in [2.05, 4.69) is 16.1 Å². The highest BCUT2D eigenvalue weighted by Crippen LogP contribution is 2.38. The molecule has 1 amide bonds. The SMILES string of the molecule is C#CCCC1(CCC(=O)N2CCC(C(O)c3cccc(OC)c3)CC2)N=N1. The first-order valence-electron chi connectivity index (χ1n) is 9.54. The fourth-order valence-electron chi connectivity index (χ4n) is 3.70. The lowest BCUT2D eigenvalue weighted by atomic mass is 9.87. The third-order valence-corrected chi connectivity index (χ3v) is 5.57. The number of methoxy groups -OCH3 is 1. The number of piperidine rings is 1. The highest BCUT2D eigenvalue weighted by atomic mass is 16.5. The zero-order chi connectivity index (χ0) is 19.3. The molecule has 2 aliphatic rings. The predicted molar refractivity (Wildman–Crippen MR) is 102 cm³/mol. The quantitative estimate of drug-likeness (QED) is 0.714. The number of amides is 1. The Morgan fingerprint density at radius 3 is 2.78 bits per heavy atom. The van der Waals surface area contributed by atoms with E-state index in [-0.39, 0.29) is 11.8 Å². The van der Waals surface area contributed by atoms with Gasteiger partial charge in [-0.2, -0.15) is 10.2 Å². The van der Waals surface area contributed by atoms with Crippen molar-refractivity contribution in [2.75, 3.05) is 20.2 Å². The van der Waals surface area contributed by atoms with Crippen molar-refractivity contribution in [1.29, 1.82) is 0 Å². The van der Waals surface area contributed by atoms with Crippen LogP contribution in [0.1, 0.15) is 50.2 Å². The van der Waals surface area contributed by atoms with Gasteiger partial charge in [0.15, 0.2) is 5.66 Å². The van der Waals surface area contributed by atoms with Gasteiger partial charge in [0.1, 0.15) is 5.75 Å². The minimum absolute atomic E-state index is 0.140. The molecule has 144 valence electrons. The van der Waals surface area contributed by atoms with Gasteiger partial charge >= 0.3 is 0 Å². The molecule has 2 heterocycles. The molecule has 1 saturated heterocycles. The second-order valence-corrected chi connectivity index (χ2v) is 7.33. The van der Waals surface area contributed by atoms with Gasteiger partial charge in [-0.05, 0) is 36.5 Å². The van der Waals surface area contributed by atoms with Crippen LogP contribution in [0.5, 0.6) is 5.75 Å². The molecule has 1 fully saturated rings. The molecule has 1 unspecified atom stereocenters. The van der Waals surface area contributed by atoms with E-state index in [9.17, 15) is 9.90 Å². The molecule has 6 nitrogen and oxygen atoms in total. The fraction of sp³-hybridized carbons (Fsp3) is 0.571. The van der Waals surface area contributed by atoms with Crippen molar-refractivity contribution in [1.82, 2.24) is 4.90 Å².